The van der Waals surface area contributed by atoms with Crippen LogP contribution in [0.1, 0.15) is 76.7 Å². The summed E-state index contributed by atoms with van der Waals surface area (Å²) in [5.41, 5.74) is 5.86. The lowest BCUT2D eigenvalue weighted by Gasteiger charge is -2.37. The highest BCUT2D eigenvalue weighted by Crippen LogP contribution is 2.49. The predicted molar refractivity (Wildman–Crippen MR) is 120 cm³/mol. The molecular weight excluding hydrogens is 404 g/mol. The molecular formula is C23H35ClN2O4. The highest BCUT2D eigenvalue weighted by molar-refractivity contribution is 6.33. The van der Waals surface area contributed by atoms with E-state index in [0.29, 0.717) is 16.7 Å². The van der Waals surface area contributed by atoms with E-state index in [1.807, 2.05) is 6.07 Å². The second kappa shape index (κ2) is 10.1. The van der Waals surface area contributed by atoms with Crippen LogP contribution in [-0.4, -0.2) is 47.8 Å². The lowest BCUT2D eigenvalue weighted by atomic mass is 9.87. The summed E-state index contributed by atoms with van der Waals surface area (Å²) in [6, 6.07) is 1.87. The van der Waals surface area contributed by atoms with Crippen LogP contribution in [0.2, 0.25) is 5.02 Å². The maximum absolute atomic E-state index is 11.6. The Morgan fingerprint density at radius 3 is 2.57 bits per heavy atom. The summed E-state index contributed by atoms with van der Waals surface area (Å²) in [5.74, 6) is 0.0423. The minimum absolute atomic E-state index is 0.0553. The third-order valence-electron chi connectivity index (χ3n) is 6.38. The molecule has 0 amide bonds. The van der Waals surface area contributed by atoms with E-state index in [1.165, 1.54) is 45.4 Å². The van der Waals surface area contributed by atoms with E-state index in [9.17, 15) is 9.90 Å². The molecule has 0 spiro atoms. The molecule has 0 saturated carbocycles. The number of halogens is 1. The van der Waals surface area contributed by atoms with Crippen molar-refractivity contribution in [2.24, 2.45) is 0 Å². The average Bonchev–Trinajstić information content (AvgIpc) is 2.74. The van der Waals surface area contributed by atoms with Gasteiger partial charge in [0.25, 0.3) is 0 Å². The third kappa shape index (κ3) is 5.14. The van der Waals surface area contributed by atoms with Crippen LogP contribution in [0.3, 0.4) is 0 Å². The van der Waals surface area contributed by atoms with Crippen LogP contribution in [0, 0.1) is 0 Å². The van der Waals surface area contributed by atoms with Crippen LogP contribution in [0.15, 0.2) is 6.07 Å². The molecule has 1 atom stereocenters. The van der Waals surface area contributed by atoms with Crippen molar-refractivity contribution in [1.82, 2.24) is 4.90 Å². The van der Waals surface area contributed by atoms with Gasteiger partial charge in [0.2, 0.25) is 5.60 Å². The van der Waals surface area contributed by atoms with Crippen molar-refractivity contribution < 1.29 is 19.4 Å². The zero-order valence-electron chi connectivity index (χ0n) is 18.2. The number of fused-ring (bicyclic) bond motifs is 1. The third-order valence-corrected chi connectivity index (χ3v) is 6.69. The molecule has 1 fully saturated rings. The van der Waals surface area contributed by atoms with Gasteiger partial charge < -0.3 is 25.2 Å². The summed E-state index contributed by atoms with van der Waals surface area (Å²) in [4.78, 5) is 14.1. The van der Waals surface area contributed by atoms with Crippen molar-refractivity contribution >= 4 is 23.3 Å². The number of nitrogens with zero attached hydrogens (tertiary/aromatic N) is 1. The standard InChI is InChI=1S/C23H35ClN2O4/c1-3-4-5-6-7-8-11-26-12-9-16(10-13-26)17-14-18(24)19(25)21-20(17)29-15-23(2,30-21)22(27)28/h14,16H,3-13,15,25H2,1-2H3,(H,27,28). The number of rotatable bonds is 9. The molecule has 2 heterocycles. The Kier molecular flexibility index (Phi) is 7.75. The van der Waals surface area contributed by atoms with Gasteiger partial charge in [-0.25, -0.2) is 4.79 Å². The van der Waals surface area contributed by atoms with Crippen LogP contribution < -0.4 is 15.2 Å². The van der Waals surface area contributed by atoms with Crippen molar-refractivity contribution in [2.75, 3.05) is 32.0 Å². The molecule has 1 unspecified atom stereocenters. The van der Waals surface area contributed by atoms with Crippen LogP contribution >= 0.6 is 11.6 Å². The number of hydrogen-bond donors (Lipinski definition) is 2. The fourth-order valence-electron chi connectivity index (χ4n) is 4.35. The number of carboxylic acid groups (broad SMARTS) is 1. The number of aliphatic carboxylic acids is 1. The molecule has 0 bridgehead atoms. The van der Waals surface area contributed by atoms with E-state index in [0.717, 1.165) is 38.0 Å². The fourth-order valence-corrected chi connectivity index (χ4v) is 4.55. The Labute approximate surface area is 184 Å². The van der Waals surface area contributed by atoms with E-state index in [1.54, 1.807) is 0 Å². The Hall–Kier alpha value is -1.66. The van der Waals surface area contributed by atoms with Gasteiger partial charge in [0.1, 0.15) is 6.61 Å². The number of piperidine rings is 1. The molecule has 0 aliphatic carbocycles. The monoisotopic (exact) mass is 438 g/mol. The average molecular weight is 439 g/mol. The number of carbonyl (C=O) groups is 1. The fraction of sp³-hybridized carbons (Fsp3) is 0.696. The molecule has 1 saturated heterocycles. The van der Waals surface area contributed by atoms with Gasteiger partial charge in [-0.1, -0.05) is 50.6 Å². The summed E-state index contributed by atoms with van der Waals surface area (Å²) in [5, 5.41) is 9.86. The van der Waals surface area contributed by atoms with Gasteiger partial charge in [-0.2, -0.15) is 0 Å². The van der Waals surface area contributed by atoms with Crippen LogP contribution in [0.4, 0.5) is 5.69 Å². The van der Waals surface area contributed by atoms with Crippen molar-refractivity contribution in [2.45, 2.75) is 76.7 Å². The summed E-state index contributed by atoms with van der Waals surface area (Å²) in [6.07, 6.45) is 9.94. The topological polar surface area (TPSA) is 85.0 Å². The van der Waals surface area contributed by atoms with Gasteiger partial charge >= 0.3 is 5.97 Å². The molecule has 7 heteroatoms. The van der Waals surface area contributed by atoms with Crippen LogP contribution in [0.25, 0.3) is 0 Å². The minimum Gasteiger partial charge on any atom is -0.484 e. The van der Waals surface area contributed by atoms with Gasteiger partial charge in [-0.15, -0.1) is 0 Å². The van der Waals surface area contributed by atoms with Crippen molar-refractivity contribution in [3.05, 3.63) is 16.7 Å². The number of benzene rings is 1. The minimum atomic E-state index is -1.47. The first-order chi connectivity index (χ1) is 14.4. The zero-order chi connectivity index (χ0) is 21.7. The van der Waals surface area contributed by atoms with Gasteiger partial charge in [-0.3, -0.25) is 0 Å². The molecule has 1 aromatic rings. The number of nitrogen functional groups attached to an aromatic ring is 1. The first-order valence-electron chi connectivity index (χ1n) is 11.2. The molecule has 2 aliphatic heterocycles. The first-order valence-corrected chi connectivity index (χ1v) is 11.6. The number of ether oxygens (including phenoxy) is 2. The van der Waals surface area contributed by atoms with E-state index in [4.69, 9.17) is 26.8 Å². The molecule has 168 valence electrons. The molecule has 30 heavy (non-hydrogen) atoms. The second-order valence-electron chi connectivity index (χ2n) is 8.83. The highest BCUT2D eigenvalue weighted by Gasteiger charge is 2.43. The van der Waals surface area contributed by atoms with E-state index >= 15 is 0 Å². The molecule has 1 aromatic carbocycles. The van der Waals surface area contributed by atoms with Crippen LogP contribution in [-0.2, 0) is 4.79 Å². The highest BCUT2D eigenvalue weighted by atomic mass is 35.5. The Morgan fingerprint density at radius 2 is 1.90 bits per heavy atom. The zero-order valence-corrected chi connectivity index (χ0v) is 19.0. The Bertz CT molecular complexity index is 749. The normalized spacial score (nSPS) is 22.2. The maximum Gasteiger partial charge on any atom is 0.351 e. The number of hydrogen-bond acceptors (Lipinski definition) is 5. The Balaban J connectivity index is 1.62. The maximum atomic E-state index is 11.6. The van der Waals surface area contributed by atoms with E-state index < -0.39 is 11.6 Å². The molecule has 2 aliphatic rings. The Morgan fingerprint density at radius 1 is 1.23 bits per heavy atom. The number of carboxylic acids is 1. The molecule has 0 radical (unpaired) electrons. The van der Waals surface area contributed by atoms with Gasteiger partial charge in [-0.05, 0) is 57.8 Å². The van der Waals surface area contributed by atoms with E-state index in [-0.39, 0.29) is 18.0 Å². The van der Waals surface area contributed by atoms with Crippen molar-refractivity contribution in [3.63, 3.8) is 0 Å². The van der Waals surface area contributed by atoms with Gasteiger partial charge in [0.15, 0.2) is 11.5 Å². The lowest BCUT2D eigenvalue weighted by Crippen LogP contribution is -2.49. The number of anilines is 1. The summed E-state index contributed by atoms with van der Waals surface area (Å²) < 4.78 is 11.7. The lowest BCUT2D eigenvalue weighted by molar-refractivity contribution is -0.158. The quantitative estimate of drug-likeness (QED) is 0.413. The number of likely N-dealkylation sites (tertiary alicyclic amines) is 1. The largest absolute Gasteiger partial charge is 0.484 e. The van der Waals surface area contributed by atoms with Crippen molar-refractivity contribution in [1.29, 1.82) is 0 Å². The summed E-state index contributed by atoms with van der Waals surface area (Å²) >= 11 is 6.37. The second-order valence-corrected chi connectivity index (χ2v) is 9.24. The number of unbranched alkanes of at least 4 members (excludes halogenated alkanes) is 5. The SMILES string of the molecule is CCCCCCCCN1CCC(c2cc(Cl)c(N)c3c2OCC(C)(C(=O)O)O3)CC1. The summed E-state index contributed by atoms with van der Waals surface area (Å²) in [7, 11) is 0. The van der Waals surface area contributed by atoms with Gasteiger partial charge in [0, 0.05) is 5.56 Å². The first kappa shape index (κ1) is 23.0. The molecule has 3 N–H and O–H groups in total. The van der Waals surface area contributed by atoms with Crippen LogP contribution in [0.5, 0.6) is 11.5 Å². The van der Waals surface area contributed by atoms with E-state index in [2.05, 4.69) is 11.8 Å². The van der Waals surface area contributed by atoms with Gasteiger partial charge in [0.05, 0.1) is 10.7 Å². The molecule has 3 rings (SSSR count). The predicted octanol–water partition coefficient (Wildman–Crippen LogP) is 5.08. The number of nitrogens with two attached hydrogens (primary N) is 1. The smallest absolute Gasteiger partial charge is 0.351 e. The molecule has 6 nitrogen and oxygen atoms in total. The summed E-state index contributed by atoms with van der Waals surface area (Å²) in [6.45, 7) is 6.93. The van der Waals surface area contributed by atoms with Crippen molar-refractivity contribution in [3.8, 4) is 11.5 Å². The molecule has 0 aromatic heterocycles.